The number of hydrogen-bond donors (Lipinski definition) is 4. The van der Waals surface area contributed by atoms with E-state index in [0.717, 1.165) is 75.8 Å². The summed E-state index contributed by atoms with van der Waals surface area (Å²) in [7, 11) is 0. The van der Waals surface area contributed by atoms with E-state index in [1.165, 1.54) is 17.0 Å². The summed E-state index contributed by atoms with van der Waals surface area (Å²) in [5.74, 6) is 5.03. The van der Waals surface area contributed by atoms with E-state index in [2.05, 4.69) is 44.9 Å². The average molecular weight is 578 g/mol. The van der Waals surface area contributed by atoms with Gasteiger partial charge in [0.25, 0.3) is 5.91 Å². The molecule has 2 aromatic carbocycles. The molecule has 1 fully saturated rings. The normalized spacial score (nSPS) is 19.1. The monoisotopic (exact) mass is 577 g/mol. The van der Waals surface area contributed by atoms with Gasteiger partial charge in [0.15, 0.2) is 0 Å². The number of urea groups is 1. The van der Waals surface area contributed by atoms with Gasteiger partial charge >= 0.3 is 6.03 Å². The number of anilines is 3. The summed E-state index contributed by atoms with van der Waals surface area (Å²) in [5, 5.41) is 8.38. The average Bonchev–Trinajstić information content (AvgIpc) is 3.49. The van der Waals surface area contributed by atoms with Gasteiger partial charge in [0.05, 0.1) is 5.71 Å². The lowest BCUT2D eigenvalue weighted by atomic mass is 9.87. The van der Waals surface area contributed by atoms with Crippen molar-refractivity contribution in [3.63, 3.8) is 0 Å². The minimum absolute atomic E-state index is 0.352. The van der Waals surface area contributed by atoms with E-state index >= 15 is 0 Å². The van der Waals surface area contributed by atoms with Gasteiger partial charge in [-0.2, -0.15) is 0 Å². The summed E-state index contributed by atoms with van der Waals surface area (Å²) in [5.41, 5.74) is 7.68. The van der Waals surface area contributed by atoms with Crippen LogP contribution in [0.5, 0.6) is 0 Å². The Morgan fingerprint density at radius 1 is 0.884 bits per heavy atom. The number of aryl methyl sites for hydroxylation is 1. The molecule has 0 aliphatic carbocycles. The van der Waals surface area contributed by atoms with Crippen molar-refractivity contribution in [1.82, 2.24) is 4.98 Å². The number of H-pyrrole nitrogens is 1. The van der Waals surface area contributed by atoms with Crippen molar-refractivity contribution < 1.29 is 14.3 Å². The molecule has 1 atom stereocenters. The SMILES string of the molecule is CC#CC(=O)Nc1ccc(NC(=O)Nc2ccc(-c3cc4c([nH]3)CCC/C=C\N=C/4C3CCCCOCCC3)cc2)cc1. The smallest absolute Gasteiger partial charge is 0.323 e. The van der Waals surface area contributed by atoms with Gasteiger partial charge in [-0.25, -0.2) is 4.79 Å². The number of nitrogens with zero attached hydrogens (tertiary/aromatic N) is 1. The number of hydrogen-bond acceptors (Lipinski definition) is 4. The van der Waals surface area contributed by atoms with E-state index in [9.17, 15) is 9.59 Å². The van der Waals surface area contributed by atoms with Gasteiger partial charge in [0.2, 0.25) is 0 Å². The topological polar surface area (TPSA) is 108 Å². The minimum atomic E-state index is -0.378. The third kappa shape index (κ3) is 8.46. The molecule has 4 N–H and O–H groups in total. The number of ether oxygens (including phenoxy) is 1. The molecule has 222 valence electrons. The molecule has 3 amide bonds. The Labute approximate surface area is 253 Å². The third-order valence-electron chi connectivity index (χ3n) is 7.70. The summed E-state index contributed by atoms with van der Waals surface area (Å²) in [6, 6.07) is 16.6. The number of amides is 3. The number of carbonyl (C=O) groups is 2. The zero-order chi connectivity index (χ0) is 29.9. The lowest BCUT2D eigenvalue weighted by Crippen LogP contribution is -2.19. The Hall–Kier alpha value is -4.61. The van der Waals surface area contributed by atoms with Crippen molar-refractivity contribution in [3.8, 4) is 23.1 Å². The number of aromatic amines is 1. The summed E-state index contributed by atoms with van der Waals surface area (Å²) < 4.78 is 5.77. The van der Waals surface area contributed by atoms with Crippen molar-refractivity contribution in [1.29, 1.82) is 0 Å². The van der Waals surface area contributed by atoms with Crippen LogP contribution in [0.3, 0.4) is 0 Å². The van der Waals surface area contributed by atoms with Crippen LogP contribution in [0.25, 0.3) is 11.3 Å². The molecule has 5 rings (SSSR count). The molecule has 8 heteroatoms. The van der Waals surface area contributed by atoms with E-state index in [4.69, 9.17) is 9.73 Å². The van der Waals surface area contributed by atoms with Crippen LogP contribution in [-0.4, -0.2) is 35.8 Å². The first-order valence-electron chi connectivity index (χ1n) is 15.1. The van der Waals surface area contributed by atoms with Crippen LogP contribution in [0, 0.1) is 17.8 Å². The first-order chi connectivity index (χ1) is 21.1. The fourth-order valence-electron chi connectivity index (χ4n) is 5.56. The van der Waals surface area contributed by atoms with Gasteiger partial charge in [-0.05, 0) is 106 Å². The number of carbonyl (C=O) groups excluding carboxylic acids is 2. The Morgan fingerprint density at radius 3 is 2.30 bits per heavy atom. The Morgan fingerprint density at radius 2 is 1.56 bits per heavy atom. The lowest BCUT2D eigenvalue weighted by Gasteiger charge is -2.18. The molecule has 1 unspecified atom stereocenters. The molecular formula is C35H39N5O3. The molecular weight excluding hydrogens is 538 g/mol. The lowest BCUT2D eigenvalue weighted by molar-refractivity contribution is -0.111. The highest BCUT2D eigenvalue weighted by atomic mass is 16.5. The van der Waals surface area contributed by atoms with E-state index in [-0.39, 0.29) is 11.9 Å². The van der Waals surface area contributed by atoms with Gasteiger partial charge in [0.1, 0.15) is 0 Å². The van der Waals surface area contributed by atoms with Crippen molar-refractivity contribution in [2.75, 3.05) is 29.2 Å². The fraction of sp³-hybridized carbons (Fsp3) is 0.343. The Bertz CT molecular complexity index is 1510. The van der Waals surface area contributed by atoms with E-state index in [1.807, 2.05) is 30.5 Å². The van der Waals surface area contributed by atoms with Crippen LogP contribution in [0.1, 0.15) is 63.1 Å². The van der Waals surface area contributed by atoms with Crippen LogP contribution < -0.4 is 16.0 Å². The quantitative estimate of drug-likeness (QED) is 0.236. The Kier molecular flexibility index (Phi) is 10.4. The van der Waals surface area contributed by atoms with E-state index in [1.54, 1.807) is 31.2 Å². The number of allylic oxidation sites excluding steroid dienone is 1. The summed E-state index contributed by atoms with van der Waals surface area (Å²) in [4.78, 5) is 33.0. The summed E-state index contributed by atoms with van der Waals surface area (Å²) in [6.45, 7) is 3.29. The summed E-state index contributed by atoms with van der Waals surface area (Å²) in [6.07, 6.45) is 12.8. The molecule has 1 aromatic heterocycles. The predicted octanol–water partition coefficient (Wildman–Crippen LogP) is 7.52. The fourth-order valence-corrected chi connectivity index (χ4v) is 5.56. The molecule has 2 aliphatic heterocycles. The van der Waals surface area contributed by atoms with E-state index in [0.29, 0.717) is 23.0 Å². The molecule has 0 spiro atoms. The second kappa shape index (κ2) is 15.0. The number of aromatic nitrogens is 1. The largest absolute Gasteiger partial charge is 0.381 e. The molecule has 3 heterocycles. The second-order valence-corrected chi connectivity index (χ2v) is 10.9. The highest BCUT2D eigenvalue weighted by Gasteiger charge is 2.23. The van der Waals surface area contributed by atoms with Crippen molar-refractivity contribution in [2.45, 2.75) is 58.3 Å². The maximum absolute atomic E-state index is 12.6. The number of rotatable bonds is 5. The zero-order valence-electron chi connectivity index (χ0n) is 24.7. The number of aliphatic imine (C=N–C) groups is 1. The summed E-state index contributed by atoms with van der Waals surface area (Å²) >= 11 is 0. The zero-order valence-corrected chi connectivity index (χ0v) is 24.7. The van der Waals surface area contributed by atoms with Gasteiger partial charge < -0.3 is 25.7 Å². The van der Waals surface area contributed by atoms with Crippen LogP contribution in [-0.2, 0) is 16.0 Å². The molecule has 3 aromatic rings. The van der Waals surface area contributed by atoms with Crippen molar-refractivity contribution in [2.24, 2.45) is 10.9 Å². The second-order valence-electron chi connectivity index (χ2n) is 10.9. The van der Waals surface area contributed by atoms with Crippen LogP contribution >= 0.6 is 0 Å². The van der Waals surface area contributed by atoms with Crippen molar-refractivity contribution >= 4 is 34.7 Å². The van der Waals surface area contributed by atoms with Gasteiger partial charge in [-0.1, -0.05) is 30.6 Å². The number of benzene rings is 2. The van der Waals surface area contributed by atoms with Gasteiger partial charge in [-0.15, -0.1) is 0 Å². The third-order valence-corrected chi connectivity index (χ3v) is 7.70. The van der Waals surface area contributed by atoms with Gasteiger partial charge in [0, 0.05) is 59.3 Å². The highest BCUT2D eigenvalue weighted by Crippen LogP contribution is 2.31. The van der Waals surface area contributed by atoms with Gasteiger partial charge in [-0.3, -0.25) is 9.79 Å². The standard InChI is InChI=1S/C35H39N5O3/c1-2-9-33(41)37-27-17-19-29(20-18-27)39-35(42)38-28-15-13-25(14-16-28)32-24-30-31(40-32)12-4-3-6-21-36-34(30)26-10-5-7-22-43-23-8-11-26/h6,13-21,24,26,40H,3-5,7-8,10-12,22-23H2,1H3,(H,37,41)(H2,38,39,42)/b21-6-,36-34-. The molecule has 0 bridgehead atoms. The molecule has 43 heavy (non-hydrogen) atoms. The van der Waals surface area contributed by atoms with Crippen LogP contribution in [0.15, 0.2) is 71.9 Å². The number of fused-ring (bicyclic) bond motifs is 1. The maximum Gasteiger partial charge on any atom is 0.323 e. The predicted molar refractivity (Wildman–Crippen MR) is 173 cm³/mol. The minimum Gasteiger partial charge on any atom is -0.381 e. The maximum atomic E-state index is 12.6. The first kappa shape index (κ1) is 29.9. The first-order valence-corrected chi connectivity index (χ1v) is 15.1. The molecule has 8 nitrogen and oxygen atoms in total. The van der Waals surface area contributed by atoms with Crippen LogP contribution in [0.2, 0.25) is 0 Å². The molecule has 0 radical (unpaired) electrons. The molecule has 0 saturated carbocycles. The Balaban J connectivity index is 1.26. The van der Waals surface area contributed by atoms with E-state index < -0.39 is 0 Å². The van der Waals surface area contributed by atoms with Crippen molar-refractivity contribution in [3.05, 3.63) is 78.1 Å². The highest BCUT2D eigenvalue weighted by molar-refractivity contribution is 6.05. The number of nitrogens with one attached hydrogen (secondary N) is 4. The molecule has 2 aliphatic rings. The molecule has 1 saturated heterocycles. The van der Waals surface area contributed by atoms with Crippen LogP contribution in [0.4, 0.5) is 21.9 Å².